The standard InChI is InChI=1S/C18H20N2O/c21-18(16-13-19-11-12-20-16)17(14-7-3-1-4-8-14)15-9-5-2-6-10-15/h1-10,16-17,19-20H,11-13H2. The molecule has 2 aromatic carbocycles. The van der Waals surface area contributed by atoms with Crippen LogP contribution in [0.15, 0.2) is 60.7 Å². The van der Waals surface area contributed by atoms with Gasteiger partial charge in [-0.3, -0.25) is 4.79 Å². The molecule has 0 amide bonds. The minimum atomic E-state index is -0.204. The molecule has 0 aliphatic carbocycles. The van der Waals surface area contributed by atoms with E-state index in [1.165, 1.54) is 0 Å². The van der Waals surface area contributed by atoms with Crippen molar-refractivity contribution in [2.45, 2.75) is 12.0 Å². The third-order valence-electron chi connectivity index (χ3n) is 3.93. The summed E-state index contributed by atoms with van der Waals surface area (Å²) in [5.41, 5.74) is 2.11. The van der Waals surface area contributed by atoms with Gasteiger partial charge in [0.05, 0.1) is 12.0 Å². The molecule has 0 aromatic heterocycles. The van der Waals surface area contributed by atoms with Crippen LogP contribution >= 0.6 is 0 Å². The van der Waals surface area contributed by atoms with Crippen LogP contribution in [-0.4, -0.2) is 31.5 Å². The number of Topliss-reactive ketones (excluding diaryl/α,β-unsaturated/α-hetero) is 1. The van der Waals surface area contributed by atoms with E-state index in [0.29, 0.717) is 6.54 Å². The first-order valence-corrected chi connectivity index (χ1v) is 7.44. The van der Waals surface area contributed by atoms with Crippen molar-refractivity contribution in [3.63, 3.8) is 0 Å². The van der Waals surface area contributed by atoms with Gasteiger partial charge >= 0.3 is 0 Å². The van der Waals surface area contributed by atoms with Crippen LogP contribution in [0.2, 0.25) is 0 Å². The first-order chi connectivity index (χ1) is 10.4. The fourth-order valence-electron chi connectivity index (χ4n) is 2.87. The molecule has 3 nitrogen and oxygen atoms in total. The summed E-state index contributed by atoms with van der Waals surface area (Å²) < 4.78 is 0. The van der Waals surface area contributed by atoms with Crippen LogP contribution < -0.4 is 10.6 Å². The molecular weight excluding hydrogens is 260 g/mol. The highest BCUT2D eigenvalue weighted by molar-refractivity contribution is 5.93. The van der Waals surface area contributed by atoms with E-state index in [1.807, 2.05) is 60.7 Å². The molecule has 0 spiro atoms. The Morgan fingerprint density at radius 1 is 0.905 bits per heavy atom. The van der Waals surface area contributed by atoms with Gasteiger partial charge in [-0.25, -0.2) is 0 Å². The van der Waals surface area contributed by atoms with Gasteiger partial charge in [-0.15, -0.1) is 0 Å². The van der Waals surface area contributed by atoms with Crippen molar-refractivity contribution in [3.8, 4) is 0 Å². The van der Waals surface area contributed by atoms with Crippen LogP contribution in [-0.2, 0) is 4.79 Å². The number of hydrogen-bond donors (Lipinski definition) is 2. The first kappa shape index (κ1) is 14.0. The molecule has 1 unspecified atom stereocenters. The van der Waals surface area contributed by atoms with Crippen molar-refractivity contribution in [1.29, 1.82) is 0 Å². The van der Waals surface area contributed by atoms with Crippen molar-refractivity contribution < 1.29 is 4.79 Å². The topological polar surface area (TPSA) is 41.1 Å². The predicted octanol–water partition coefficient (Wildman–Crippen LogP) is 1.95. The monoisotopic (exact) mass is 280 g/mol. The third-order valence-corrected chi connectivity index (χ3v) is 3.93. The van der Waals surface area contributed by atoms with Crippen LogP contribution in [0.5, 0.6) is 0 Å². The summed E-state index contributed by atoms with van der Waals surface area (Å²) in [7, 11) is 0. The Morgan fingerprint density at radius 2 is 1.48 bits per heavy atom. The molecule has 1 aliphatic rings. The van der Waals surface area contributed by atoms with Gasteiger partial charge < -0.3 is 10.6 Å². The van der Waals surface area contributed by atoms with E-state index in [-0.39, 0.29) is 17.7 Å². The molecule has 1 heterocycles. The fourth-order valence-corrected chi connectivity index (χ4v) is 2.87. The maximum absolute atomic E-state index is 13.0. The lowest BCUT2D eigenvalue weighted by atomic mass is 9.84. The average molecular weight is 280 g/mol. The molecule has 108 valence electrons. The van der Waals surface area contributed by atoms with Crippen molar-refractivity contribution in [2.75, 3.05) is 19.6 Å². The number of nitrogens with one attached hydrogen (secondary N) is 2. The SMILES string of the molecule is O=C(C1CNCCN1)C(c1ccccc1)c1ccccc1. The summed E-state index contributed by atoms with van der Waals surface area (Å²) >= 11 is 0. The number of benzene rings is 2. The zero-order valence-electron chi connectivity index (χ0n) is 12.0. The largest absolute Gasteiger partial charge is 0.313 e. The van der Waals surface area contributed by atoms with Gasteiger partial charge in [0, 0.05) is 19.6 Å². The van der Waals surface area contributed by atoms with E-state index < -0.39 is 0 Å². The van der Waals surface area contributed by atoms with E-state index in [9.17, 15) is 4.79 Å². The van der Waals surface area contributed by atoms with Gasteiger partial charge in [-0.1, -0.05) is 60.7 Å². The number of piperazine rings is 1. The predicted molar refractivity (Wildman–Crippen MR) is 84.4 cm³/mol. The van der Waals surface area contributed by atoms with Crippen LogP contribution in [0.4, 0.5) is 0 Å². The third kappa shape index (κ3) is 3.20. The van der Waals surface area contributed by atoms with E-state index in [4.69, 9.17) is 0 Å². The Kier molecular flexibility index (Phi) is 4.43. The zero-order chi connectivity index (χ0) is 14.5. The molecule has 3 rings (SSSR count). The number of hydrogen-bond acceptors (Lipinski definition) is 3. The first-order valence-electron chi connectivity index (χ1n) is 7.44. The van der Waals surface area contributed by atoms with Gasteiger partial charge in [0.15, 0.2) is 5.78 Å². The Bertz CT molecular complexity index is 537. The second-order valence-electron chi connectivity index (χ2n) is 5.37. The Balaban J connectivity index is 1.94. The number of ketones is 1. The lowest BCUT2D eigenvalue weighted by Gasteiger charge is -2.27. The molecule has 0 saturated carbocycles. The fraction of sp³-hybridized carbons (Fsp3) is 0.278. The van der Waals surface area contributed by atoms with Crippen molar-refractivity contribution in [1.82, 2.24) is 10.6 Å². The molecule has 21 heavy (non-hydrogen) atoms. The van der Waals surface area contributed by atoms with Gasteiger partial charge in [0.25, 0.3) is 0 Å². The van der Waals surface area contributed by atoms with Crippen molar-refractivity contribution >= 4 is 5.78 Å². The lowest BCUT2D eigenvalue weighted by Crippen LogP contribution is -2.53. The van der Waals surface area contributed by atoms with E-state index in [0.717, 1.165) is 24.2 Å². The summed E-state index contributed by atoms with van der Waals surface area (Å²) in [6.45, 7) is 2.47. The van der Waals surface area contributed by atoms with E-state index in [2.05, 4.69) is 10.6 Å². The lowest BCUT2D eigenvalue weighted by molar-refractivity contribution is -0.121. The van der Waals surface area contributed by atoms with E-state index in [1.54, 1.807) is 0 Å². The van der Waals surface area contributed by atoms with Gasteiger partial charge in [0.2, 0.25) is 0 Å². The second-order valence-corrected chi connectivity index (χ2v) is 5.37. The number of rotatable bonds is 4. The second kappa shape index (κ2) is 6.66. The Hall–Kier alpha value is -1.97. The normalized spacial score (nSPS) is 18.6. The van der Waals surface area contributed by atoms with Crippen molar-refractivity contribution in [2.24, 2.45) is 0 Å². The molecule has 0 radical (unpaired) electrons. The van der Waals surface area contributed by atoms with Crippen LogP contribution in [0.1, 0.15) is 17.0 Å². The Labute approximate surface area is 125 Å². The van der Waals surface area contributed by atoms with E-state index >= 15 is 0 Å². The van der Waals surface area contributed by atoms with Gasteiger partial charge in [-0.05, 0) is 11.1 Å². The molecule has 1 atom stereocenters. The van der Waals surface area contributed by atoms with Crippen LogP contribution in [0.3, 0.4) is 0 Å². The molecule has 0 bridgehead atoms. The summed E-state index contributed by atoms with van der Waals surface area (Å²) in [5.74, 6) is 0.0319. The minimum absolute atomic E-state index is 0.121. The summed E-state index contributed by atoms with van der Waals surface area (Å²) in [4.78, 5) is 13.0. The summed E-state index contributed by atoms with van der Waals surface area (Å²) in [6.07, 6.45) is 0. The quantitative estimate of drug-likeness (QED) is 0.899. The average Bonchev–Trinajstić information content (AvgIpc) is 2.58. The summed E-state index contributed by atoms with van der Waals surface area (Å²) in [6, 6.07) is 19.9. The zero-order valence-corrected chi connectivity index (χ0v) is 12.0. The molecule has 2 N–H and O–H groups in total. The highest BCUT2D eigenvalue weighted by atomic mass is 16.1. The maximum Gasteiger partial charge on any atom is 0.162 e. The smallest absolute Gasteiger partial charge is 0.162 e. The highest BCUT2D eigenvalue weighted by Gasteiger charge is 2.30. The van der Waals surface area contributed by atoms with Gasteiger partial charge in [-0.2, -0.15) is 0 Å². The van der Waals surface area contributed by atoms with Gasteiger partial charge in [0.1, 0.15) is 0 Å². The molecule has 1 saturated heterocycles. The van der Waals surface area contributed by atoms with Crippen LogP contribution in [0.25, 0.3) is 0 Å². The maximum atomic E-state index is 13.0. The van der Waals surface area contributed by atoms with Crippen LogP contribution in [0, 0.1) is 0 Å². The molecule has 1 fully saturated rings. The van der Waals surface area contributed by atoms with Crippen molar-refractivity contribution in [3.05, 3.63) is 71.8 Å². The molecule has 2 aromatic rings. The number of carbonyl (C=O) groups is 1. The number of carbonyl (C=O) groups excluding carboxylic acids is 1. The molecule has 3 heteroatoms. The minimum Gasteiger partial charge on any atom is -0.313 e. The molecule has 1 aliphatic heterocycles. The molecular formula is C18H20N2O. The Morgan fingerprint density at radius 3 is 1.95 bits per heavy atom. The highest BCUT2D eigenvalue weighted by Crippen LogP contribution is 2.26. The summed E-state index contributed by atoms with van der Waals surface area (Å²) in [5, 5.41) is 6.62.